The van der Waals surface area contributed by atoms with E-state index in [-0.39, 0.29) is 17.3 Å². The van der Waals surface area contributed by atoms with Crippen LogP contribution in [0.4, 0.5) is 5.69 Å². The largest absolute Gasteiger partial charge is 0.354 e. The zero-order chi connectivity index (χ0) is 27.9. The minimum Gasteiger partial charge on any atom is -0.354 e. The molecule has 0 saturated heterocycles. The molecule has 3 aromatic rings. The number of carbonyl (C=O) groups excluding carboxylic acids is 2. The molecule has 0 bridgehead atoms. The van der Waals surface area contributed by atoms with Crippen molar-refractivity contribution in [2.45, 2.75) is 44.7 Å². The molecule has 0 aliphatic rings. The van der Waals surface area contributed by atoms with Gasteiger partial charge in [0, 0.05) is 23.1 Å². The van der Waals surface area contributed by atoms with Crippen molar-refractivity contribution in [3.8, 4) is 0 Å². The van der Waals surface area contributed by atoms with Crippen molar-refractivity contribution in [2.24, 2.45) is 0 Å². The number of hydrogen-bond donors (Lipinski definition) is 1. The van der Waals surface area contributed by atoms with Gasteiger partial charge >= 0.3 is 0 Å². The summed E-state index contributed by atoms with van der Waals surface area (Å²) in [7, 11) is -4.13. The standard InChI is InChI=1S/C28H31Cl2N3O4S/c1-4-16-31-28(35)21(3)32(18-22-10-12-23(29)13-11-22)27(34)19-33(26-15-14-24(30)17-20(26)2)38(36,37)25-8-6-5-7-9-25/h5-15,17,21H,4,16,18-19H2,1-3H3,(H,31,35)/t21-/m0/s1. The molecular formula is C28H31Cl2N3O4S. The van der Waals surface area contributed by atoms with Crippen LogP contribution in [0.1, 0.15) is 31.4 Å². The average Bonchev–Trinajstić information content (AvgIpc) is 2.90. The van der Waals surface area contributed by atoms with Crippen LogP contribution >= 0.6 is 23.2 Å². The van der Waals surface area contributed by atoms with Crippen molar-refractivity contribution in [3.63, 3.8) is 0 Å². The average molecular weight is 577 g/mol. The quantitative estimate of drug-likeness (QED) is 0.330. The SMILES string of the molecule is CCCNC(=O)[C@H](C)N(Cc1ccc(Cl)cc1)C(=O)CN(c1ccc(Cl)cc1C)S(=O)(=O)c1ccccc1. The molecule has 2 amide bonds. The molecule has 0 radical (unpaired) electrons. The highest BCUT2D eigenvalue weighted by atomic mass is 35.5. The summed E-state index contributed by atoms with van der Waals surface area (Å²) in [6.45, 7) is 5.33. The van der Waals surface area contributed by atoms with E-state index in [1.807, 2.05) is 6.92 Å². The highest BCUT2D eigenvalue weighted by Gasteiger charge is 2.33. The Bertz CT molecular complexity index is 1370. The highest BCUT2D eigenvalue weighted by Crippen LogP contribution is 2.29. The Morgan fingerprint density at radius 3 is 2.18 bits per heavy atom. The molecule has 202 valence electrons. The number of anilines is 1. The van der Waals surface area contributed by atoms with Crippen LogP contribution in [0.3, 0.4) is 0 Å². The van der Waals surface area contributed by atoms with Gasteiger partial charge < -0.3 is 10.2 Å². The van der Waals surface area contributed by atoms with Crippen LogP contribution in [0.2, 0.25) is 10.0 Å². The van der Waals surface area contributed by atoms with E-state index in [0.717, 1.165) is 16.3 Å². The van der Waals surface area contributed by atoms with Gasteiger partial charge in [-0.3, -0.25) is 13.9 Å². The summed E-state index contributed by atoms with van der Waals surface area (Å²) in [6, 6.07) is 18.8. The first-order chi connectivity index (χ1) is 18.0. The fourth-order valence-corrected chi connectivity index (χ4v) is 5.75. The van der Waals surface area contributed by atoms with E-state index in [9.17, 15) is 18.0 Å². The van der Waals surface area contributed by atoms with Gasteiger partial charge in [-0.25, -0.2) is 8.42 Å². The van der Waals surface area contributed by atoms with Crippen LogP contribution in [0.5, 0.6) is 0 Å². The summed E-state index contributed by atoms with van der Waals surface area (Å²) < 4.78 is 28.7. The Kier molecular flexibility index (Phi) is 10.2. The van der Waals surface area contributed by atoms with Crippen LogP contribution in [0, 0.1) is 6.92 Å². The number of amides is 2. The minimum atomic E-state index is -4.13. The lowest BCUT2D eigenvalue weighted by Gasteiger charge is -2.32. The fourth-order valence-electron chi connectivity index (χ4n) is 3.90. The Hall–Kier alpha value is -3.07. The molecule has 0 aromatic heterocycles. The highest BCUT2D eigenvalue weighted by molar-refractivity contribution is 7.92. The van der Waals surface area contributed by atoms with Gasteiger partial charge in [0.2, 0.25) is 11.8 Å². The molecule has 1 atom stereocenters. The van der Waals surface area contributed by atoms with Gasteiger partial charge in [-0.1, -0.05) is 60.5 Å². The molecule has 38 heavy (non-hydrogen) atoms. The van der Waals surface area contributed by atoms with Crippen LogP contribution < -0.4 is 9.62 Å². The monoisotopic (exact) mass is 575 g/mol. The van der Waals surface area contributed by atoms with Crippen molar-refractivity contribution in [3.05, 3.63) is 94.0 Å². The van der Waals surface area contributed by atoms with E-state index >= 15 is 0 Å². The lowest BCUT2D eigenvalue weighted by molar-refractivity contribution is -0.139. The second-order valence-corrected chi connectivity index (χ2v) is 11.6. The summed E-state index contributed by atoms with van der Waals surface area (Å²) in [5, 5.41) is 3.80. The summed E-state index contributed by atoms with van der Waals surface area (Å²) in [5.41, 5.74) is 1.65. The van der Waals surface area contributed by atoms with Crippen LogP contribution in [0.25, 0.3) is 0 Å². The van der Waals surface area contributed by atoms with E-state index in [2.05, 4.69) is 5.32 Å². The molecule has 0 saturated carbocycles. The van der Waals surface area contributed by atoms with Crippen molar-refractivity contribution >= 4 is 50.7 Å². The van der Waals surface area contributed by atoms with Crippen molar-refractivity contribution in [1.82, 2.24) is 10.2 Å². The fraction of sp³-hybridized carbons (Fsp3) is 0.286. The normalized spacial score (nSPS) is 12.0. The minimum absolute atomic E-state index is 0.0418. The second-order valence-electron chi connectivity index (χ2n) is 8.87. The van der Waals surface area contributed by atoms with Gasteiger partial charge in [0.1, 0.15) is 12.6 Å². The Balaban J connectivity index is 2.03. The zero-order valence-electron chi connectivity index (χ0n) is 21.5. The molecule has 0 unspecified atom stereocenters. The molecule has 0 fully saturated rings. The number of nitrogens with zero attached hydrogens (tertiary/aromatic N) is 2. The van der Waals surface area contributed by atoms with Gasteiger partial charge in [-0.2, -0.15) is 0 Å². The maximum absolute atomic E-state index is 13.9. The number of hydrogen-bond acceptors (Lipinski definition) is 4. The third kappa shape index (κ3) is 7.28. The number of aryl methyl sites for hydroxylation is 1. The molecule has 0 heterocycles. The number of halogens is 2. The number of sulfonamides is 1. The van der Waals surface area contributed by atoms with Gasteiger partial charge in [-0.05, 0) is 73.9 Å². The Morgan fingerprint density at radius 1 is 0.947 bits per heavy atom. The summed E-state index contributed by atoms with van der Waals surface area (Å²) in [6.07, 6.45) is 0.739. The topological polar surface area (TPSA) is 86.8 Å². The molecule has 0 aliphatic heterocycles. The predicted molar refractivity (Wildman–Crippen MR) is 152 cm³/mol. The molecule has 0 spiro atoms. The zero-order valence-corrected chi connectivity index (χ0v) is 23.9. The molecule has 3 rings (SSSR count). The van der Waals surface area contributed by atoms with E-state index in [4.69, 9.17) is 23.2 Å². The summed E-state index contributed by atoms with van der Waals surface area (Å²) in [5.74, 6) is -0.859. The number of benzene rings is 3. The molecule has 0 aliphatic carbocycles. The van der Waals surface area contributed by atoms with Crippen LogP contribution in [-0.2, 0) is 26.2 Å². The third-order valence-corrected chi connectivity index (χ3v) is 8.28. The van der Waals surface area contributed by atoms with E-state index in [1.165, 1.54) is 17.0 Å². The number of nitrogens with one attached hydrogen (secondary N) is 1. The van der Waals surface area contributed by atoms with E-state index in [0.29, 0.717) is 27.8 Å². The van der Waals surface area contributed by atoms with Crippen LogP contribution in [-0.4, -0.2) is 44.3 Å². The van der Waals surface area contributed by atoms with Crippen molar-refractivity contribution < 1.29 is 18.0 Å². The lowest BCUT2D eigenvalue weighted by Crippen LogP contribution is -2.51. The smallest absolute Gasteiger partial charge is 0.264 e. The maximum atomic E-state index is 13.9. The number of carbonyl (C=O) groups is 2. The Labute approximate surface area is 234 Å². The summed E-state index contributed by atoms with van der Waals surface area (Å²) >= 11 is 12.2. The first-order valence-corrected chi connectivity index (χ1v) is 14.4. The van der Waals surface area contributed by atoms with Gasteiger partial charge in [0.05, 0.1) is 10.6 Å². The summed E-state index contributed by atoms with van der Waals surface area (Å²) in [4.78, 5) is 28.2. The predicted octanol–water partition coefficient (Wildman–Crippen LogP) is 5.44. The second kappa shape index (κ2) is 13.1. The lowest BCUT2D eigenvalue weighted by atomic mass is 10.1. The van der Waals surface area contributed by atoms with E-state index in [1.54, 1.807) is 74.5 Å². The van der Waals surface area contributed by atoms with Gasteiger partial charge in [0.15, 0.2) is 0 Å². The maximum Gasteiger partial charge on any atom is 0.264 e. The third-order valence-electron chi connectivity index (χ3n) is 6.02. The molecular weight excluding hydrogens is 545 g/mol. The van der Waals surface area contributed by atoms with E-state index < -0.39 is 28.5 Å². The van der Waals surface area contributed by atoms with Gasteiger partial charge in [0.25, 0.3) is 10.0 Å². The van der Waals surface area contributed by atoms with Crippen molar-refractivity contribution in [2.75, 3.05) is 17.4 Å². The Morgan fingerprint density at radius 2 is 1.58 bits per heavy atom. The first kappa shape index (κ1) is 29.5. The molecule has 10 heteroatoms. The number of rotatable bonds is 11. The molecule has 3 aromatic carbocycles. The molecule has 1 N–H and O–H groups in total. The first-order valence-electron chi connectivity index (χ1n) is 12.2. The molecule has 7 nitrogen and oxygen atoms in total. The van der Waals surface area contributed by atoms with Gasteiger partial charge in [-0.15, -0.1) is 0 Å². The van der Waals surface area contributed by atoms with Crippen molar-refractivity contribution in [1.29, 1.82) is 0 Å². The van der Waals surface area contributed by atoms with Crippen LogP contribution in [0.15, 0.2) is 77.7 Å².